The molecular weight excluding hydrogens is 313 g/mol. The largest absolute Gasteiger partial charge is 0.466 e. The molecule has 0 bridgehead atoms. The molecule has 1 aromatic rings. The van der Waals surface area contributed by atoms with Crippen molar-refractivity contribution in [2.45, 2.75) is 31.5 Å². The maximum Gasteiger partial charge on any atom is 0.401 e. The van der Waals surface area contributed by atoms with Crippen molar-refractivity contribution in [1.82, 2.24) is 10.2 Å². The molecule has 2 atom stereocenters. The smallest absolute Gasteiger partial charge is 0.401 e. The third-order valence-electron chi connectivity index (χ3n) is 3.94. The zero-order chi connectivity index (χ0) is 17.1. The molecule has 2 N–H and O–H groups in total. The quantitative estimate of drug-likeness (QED) is 0.863. The Hall–Kier alpha value is -1.54. The van der Waals surface area contributed by atoms with Gasteiger partial charge >= 0.3 is 6.18 Å². The molecule has 0 aromatic carbocycles. The van der Waals surface area contributed by atoms with Crippen LogP contribution in [0.5, 0.6) is 0 Å². The first-order valence-electron chi connectivity index (χ1n) is 7.50. The zero-order valence-corrected chi connectivity index (χ0v) is 12.9. The maximum absolute atomic E-state index is 12.4. The van der Waals surface area contributed by atoms with Crippen LogP contribution in [-0.4, -0.2) is 48.3 Å². The van der Waals surface area contributed by atoms with Crippen LogP contribution in [0.2, 0.25) is 0 Å². The van der Waals surface area contributed by atoms with Crippen LogP contribution in [0.3, 0.4) is 0 Å². The molecule has 2 heterocycles. The minimum Gasteiger partial charge on any atom is -0.466 e. The Balaban J connectivity index is 1.85. The highest BCUT2D eigenvalue weighted by molar-refractivity contribution is 5.79. The summed E-state index contributed by atoms with van der Waals surface area (Å²) in [6.45, 7) is 0.862. The van der Waals surface area contributed by atoms with E-state index in [1.54, 1.807) is 12.1 Å². The molecule has 0 spiro atoms. The number of alkyl halides is 3. The van der Waals surface area contributed by atoms with Crippen molar-refractivity contribution in [2.75, 3.05) is 26.2 Å². The van der Waals surface area contributed by atoms with Gasteiger partial charge in [-0.1, -0.05) is 0 Å². The van der Waals surface area contributed by atoms with E-state index in [4.69, 9.17) is 4.42 Å². The number of amides is 1. The Morgan fingerprint density at radius 3 is 2.87 bits per heavy atom. The molecule has 1 amide bonds. The molecule has 23 heavy (non-hydrogen) atoms. The fourth-order valence-electron chi connectivity index (χ4n) is 2.74. The van der Waals surface area contributed by atoms with Gasteiger partial charge in [0.05, 0.1) is 25.3 Å². The summed E-state index contributed by atoms with van der Waals surface area (Å²) in [6.07, 6.45) is -1.76. The second-order valence-corrected chi connectivity index (χ2v) is 6.16. The number of carbonyl (C=O) groups is 1. The number of nitrogens with zero attached hydrogens (tertiary/aromatic N) is 1. The van der Waals surface area contributed by atoms with Crippen LogP contribution in [0.1, 0.15) is 25.5 Å². The van der Waals surface area contributed by atoms with Gasteiger partial charge in [-0.05, 0) is 38.4 Å². The number of aliphatic hydroxyl groups is 1. The first-order valence-corrected chi connectivity index (χ1v) is 7.50. The van der Waals surface area contributed by atoms with Gasteiger partial charge in [0.25, 0.3) is 0 Å². The standard InChI is InChI=1S/C15H21F3N2O3/c1-14(22,12-5-3-7-23-12)9-19-13(21)11-4-2-6-20(8-11)10-15(16,17)18/h3,5,7,11,22H,2,4,6,8-10H2,1H3,(H,19,21). The number of furan rings is 1. The van der Waals surface area contributed by atoms with E-state index in [-0.39, 0.29) is 19.0 Å². The first-order chi connectivity index (χ1) is 10.7. The molecule has 2 rings (SSSR count). The second-order valence-electron chi connectivity index (χ2n) is 6.16. The molecule has 2 unspecified atom stereocenters. The summed E-state index contributed by atoms with van der Waals surface area (Å²) in [7, 11) is 0. The van der Waals surface area contributed by atoms with E-state index in [1.165, 1.54) is 18.1 Å². The lowest BCUT2D eigenvalue weighted by Crippen LogP contribution is -2.48. The molecule has 130 valence electrons. The molecule has 1 fully saturated rings. The summed E-state index contributed by atoms with van der Waals surface area (Å²) in [5.74, 6) is -0.526. The topological polar surface area (TPSA) is 65.7 Å². The maximum atomic E-state index is 12.4. The minimum absolute atomic E-state index is 0.0604. The molecular formula is C15H21F3N2O3. The third-order valence-corrected chi connectivity index (χ3v) is 3.94. The number of nitrogens with one attached hydrogen (secondary N) is 1. The van der Waals surface area contributed by atoms with Crippen LogP contribution in [0, 0.1) is 5.92 Å². The predicted molar refractivity (Wildman–Crippen MR) is 76.5 cm³/mol. The van der Waals surface area contributed by atoms with E-state index >= 15 is 0 Å². The average molecular weight is 334 g/mol. The van der Waals surface area contributed by atoms with Crippen LogP contribution in [0.4, 0.5) is 13.2 Å². The van der Waals surface area contributed by atoms with Gasteiger partial charge < -0.3 is 14.8 Å². The van der Waals surface area contributed by atoms with Crippen molar-refractivity contribution in [2.24, 2.45) is 5.92 Å². The van der Waals surface area contributed by atoms with Crippen molar-refractivity contribution in [3.8, 4) is 0 Å². The molecule has 1 aliphatic heterocycles. The first kappa shape index (κ1) is 17.8. The van der Waals surface area contributed by atoms with E-state index < -0.39 is 24.2 Å². The molecule has 0 radical (unpaired) electrons. The number of hydrogen-bond acceptors (Lipinski definition) is 4. The van der Waals surface area contributed by atoms with Crippen molar-refractivity contribution < 1.29 is 27.5 Å². The van der Waals surface area contributed by atoms with Crippen LogP contribution in [-0.2, 0) is 10.4 Å². The summed E-state index contributed by atoms with van der Waals surface area (Å²) in [4.78, 5) is 13.4. The zero-order valence-electron chi connectivity index (χ0n) is 12.9. The lowest BCUT2D eigenvalue weighted by atomic mass is 9.96. The van der Waals surface area contributed by atoms with Gasteiger partial charge in [-0.25, -0.2) is 0 Å². The van der Waals surface area contributed by atoms with Crippen LogP contribution in [0.25, 0.3) is 0 Å². The summed E-state index contributed by atoms with van der Waals surface area (Å²) in [5, 5.41) is 12.9. The van der Waals surface area contributed by atoms with Crippen molar-refractivity contribution >= 4 is 5.91 Å². The molecule has 1 aromatic heterocycles. The van der Waals surface area contributed by atoms with Gasteiger partial charge in [-0.2, -0.15) is 13.2 Å². The summed E-state index contributed by atoms with van der Waals surface area (Å²) >= 11 is 0. The van der Waals surface area contributed by atoms with Gasteiger partial charge in [-0.3, -0.25) is 9.69 Å². The molecule has 0 aliphatic carbocycles. The van der Waals surface area contributed by atoms with Gasteiger partial charge in [0.1, 0.15) is 11.4 Å². The third kappa shape index (κ3) is 5.24. The summed E-state index contributed by atoms with van der Waals surface area (Å²) < 4.78 is 42.4. The van der Waals surface area contributed by atoms with E-state index in [0.29, 0.717) is 25.1 Å². The SMILES string of the molecule is CC(O)(CNC(=O)C1CCCN(CC(F)(F)F)C1)c1ccco1. The number of piperidine rings is 1. The Bertz CT molecular complexity index is 515. The van der Waals surface area contributed by atoms with E-state index in [1.807, 2.05) is 0 Å². The molecule has 1 aliphatic rings. The molecule has 5 nitrogen and oxygen atoms in total. The lowest BCUT2D eigenvalue weighted by molar-refractivity contribution is -0.152. The van der Waals surface area contributed by atoms with Crippen molar-refractivity contribution in [3.05, 3.63) is 24.2 Å². The Morgan fingerprint density at radius 2 is 2.26 bits per heavy atom. The number of halogens is 3. The molecule has 8 heteroatoms. The Labute approximate surface area is 132 Å². The Morgan fingerprint density at radius 1 is 1.52 bits per heavy atom. The summed E-state index contributed by atoms with van der Waals surface area (Å²) in [6, 6.07) is 3.22. The monoisotopic (exact) mass is 334 g/mol. The Kier molecular flexibility index (Phi) is 5.36. The molecule has 1 saturated heterocycles. The highest BCUT2D eigenvalue weighted by Crippen LogP contribution is 2.23. The van der Waals surface area contributed by atoms with Crippen molar-refractivity contribution in [3.63, 3.8) is 0 Å². The van der Waals surface area contributed by atoms with E-state index in [0.717, 1.165) is 0 Å². The van der Waals surface area contributed by atoms with Gasteiger partial charge in [0.15, 0.2) is 0 Å². The number of rotatable bonds is 5. The highest BCUT2D eigenvalue weighted by Gasteiger charge is 2.35. The van der Waals surface area contributed by atoms with Gasteiger partial charge in [0.2, 0.25) is 5.91 Å². The minimum atomic E-state index is -4.26. The van der Waals surface area contributed by atoms with Crippen molar-refractivity contribution in [1.29, 1.82) is 0 Å². The fourth-order valence-corrected chi connectivity index (χ4v) is 2.74. The number of carbonyl (C=O) groups excluding carboxylic acids is 1. The average Bonchev–Trinajstić information content (AvgIpc) is 2.98. The summed E-state index contributed by atoms with van der Waals surface area (Å²) in [5.41, 5.74) is -1.36. The number of likely N-dealkylation sites (tertiary alicyclic amines) is 1. The van der Waals surface area contributed by atoms with Gasteiger partial charge in [-0.15, -0.1) is 0 Å². The lowest BCUT2D eigenvalue weighted by Gasteiger charge is -2.33. The van der Waals surface area contributed by atoms with Crippen LogP contribution < -0.4 is 5.32 Å². The molecule has 0 saturated carbocycles. The normalized spacial score (nSPS) is 22.6. The van der Waals surface area contributed by atoms with Crippen LogP contribution in [0.15, 0.2) is 22.8 Å². The second kappa shape index (κ2) is 6.92. The van der Waals surface area contributed by atoms with Crippen LogP contribution >= 0.6 is 0 Å². The number of hydrogen-bond donors (Lipinski definition) is 2. The highest BCUT2D eigenvalue weighted by atomic mass is 19.4. The fraction of sp³-hybridized carbons (Fsp3) is 0.667. The van der Waals surface area contributed by atoms with Gasteiger partial charge in [0, 0.05) is 6.54 Å². The predicted octanol–water partition coefficient (Wildman–Crippen LogP) is 1.88. The van der Waals surface area contributed by atoms with E-state index in [9.17, 15) is 23.1 Å². The van der Waals surface area contributed by atoms with E-state index in [2.05, 4.69) is 5.32 Å².